The summed E-state index contributed by atoms with van der Waals surface area (Å²) in [6, 6.07) is 4.28. The predicted octanol–water partition coefficient (Wildman–Crippen LogP) is 3.79. The highest BCUT2D eigenvalue weighted by molar-refractivity contribution is 7.53. The molecule has 0 unspecified atom stereocenters. The Hall–Kier alpha value is -0.760. The average Bonchev–Trinajstić information content (AvgIpc) is 2.45. The van der Waals surface area contributed by atoms with Gasteiger partial charge in [-0.3, -0.25) is 9.13 Å². The number of hydrogen-bond donors (Lipinski definition) is 4. The summed E-state index contributed by atoms with van der Waals surface area (Å²) in [6.07, 6.45) is -0.109. The summed E-state index contributed by atoms with van der Waals surface area (Å²) in [7, 11) is -11.1. The van der Waals surface area contributed by atoms with Crippen molar-refractivity contribution >= 4 is 15.2 Å². The summed E-state index contributed by atoms with van der Waals surface area (Å²) >= 11 is 0. The molecule has 1 rings (SSSR count). The molecule has 1 aromatic rings. The van der Waals surface area contributed by atoms with E-state index >= 15 is 0 Å². The Morgan fingerprint density at radius 2 is 1.32 bits per heavy atom. The van der Waals surface area contributed by atoms with E-state index in [0.29, 0.717) is 18.4 Å². The van der Waals surface area contributed by atoms with Gasteiger partial charge in [0.25, 0.3) is 0 Å². The molecule has 4 N–H and O–H groups in total. The second kappa shape index (κ2) is 7.86. The Kier molecular flexibility index (Phi) is 7.01. The van der Waals surface area contributed by atoms with E-state index in [9.17, 15) is 26.7 Å². The van der Waals surface area contributed by atoms with Gasteiger partial charge in [0.2, 0.25) is 0 Å². The lowest BCUT2D eigenvalue weighted by molar-refractivity contribution is 0.0477. The molecule has 0 aliphatic heterocycles. The van der Waals surface area contributed by atoms with Crippen LogP contribution in [0.5, 0.6) is 0 Å². The molecule has 0 fully saturated rings. The molecule has 6 nitrogen and oxygen atoms in total. The van der Waals surface area contributed by atoms with Crippen LogP contribution in [0.4, 0.5) is 17.6 Å². The number of unbranched alkanes of at least 4 members (excludes halogenated alkanes) is 2. The normalized spacial score (nSPS) is 13.9. The van der Waals surface area contributed by atoms with Crippen molar-refractivity contribution in [1.29, 1.82) is 0 Å². The highest BCUT2D eigenvalue weighted by Crippen LogP contribution is 2.59. The molecule has 0 aliphatic rings. The van der Waals surface area contributed by atoms with Gasteiger partial charge < -0.3 is 19.6 Å². The molecule has 0 saturated heterocycles. The molecule has 0 bridgehead atoms. The zero-order chi connectivity index (χ0) is 19.5. The van der Waals surface area contributed by atoms with E-state index in [0.717, 1.165) is 12.1 Å². The molecule has 0 spiro atoms. The van der Waals surface area contributed by atoms with Crippen LogP contribution >= 0.6 is 15.2 Å². The monoisotopic (exact) mass is 408 g/mol. The van der Waals surface area contributed by atoms with Gasteiger partial charge in [0.05, 0.1) is 0 Å². The molecule has 144 valence electrons. The molecule has 0 atom stereocenters. The quantitative estimate of drug-likeness (QED) is 0.281. The predicted molar refractivity (Wildman–Crippen MR) is 81.5 cm³/mol. The van der Waals surface area contributed by atoms with Crippen LogP contribution in [0.25, 0.3) is 0 Å². The Bertz CT molecular complexity index is 668. The maximum atomic E-state index is 13.5. The third kappa shape index (κ3) is 5.88. The SMILES string of the molecule is O=P(O)(O)C(F)(F)CCCCCc1ccc(C(F)(F)P(=O)(O)O)cc1. The molecule has 0 amide bonds. The number of hydrogen-bond acceptors (Lipinski definition) is 2. The third-order valence-corrected chi connectivity index (χ3v) is 5.60. The van der Waals surface area contributed by atoms with E-state index in [1.165, 1.54) is 12.1 Å². The second-order valence-electron chi connectivity index (χ2n) is 5.55. The van der Waals surface area contributed by atoms with E-state index in [4.69, 9.17) is 19.6 Å². The fourth-order valence-electron chi connectivity index (χ4n) is 2.03. The van der Waals surface area contributed by atoms with Gasteiger partial charge >= 0.3 is 26.5 Å². The number of alkyl halides is 4. The number of aryl methyl sites for hydroxylation is 1. The first-order chi connectivity index (χ1) is 11.2. The van der Waals surface area contributed by atoms with Crippen LogP contribution in [-0.4, -0.2) is 25.2 Å². The minimum Gasteiger partial charge on any atom is -0.320 e. The van der Waals surface area contributed by atoms with Crippen LogP contribution in [-0.2, 0) is 21.2 Å². The van der Waals surface area contributed by atoms with Crippen LogP contribution in [0.2, 0.25) is 0 Å². The van der Waals surface area contributed by atoms with Crippen LogP contribution < -0.4 is 0 Å². The Labute approximate surface area is 141 Å². The van der Waals surface area contributed by atoms with E-state index < -0.39 is 38.5 Å². The number of benzene rings is 1. The lowest BCUT2D eigenvalue weighted by Gasteiger charge is -2.18. The summed E-state index contributed by atoms with van der Waals surface area (Å²) in [5, 5.41) is 0. The second-order valence-corrected chi connectivity index (χ2v) is 8.94. The Balaban J connectivity index is 2.51. The van der Waals surface area contributed by atoms with Crippen LogP contribution in [0.15, 0.2) is 24.3 Å². The van der Waals surface area contributed by atoms with Gasteiger partial charge in [-0.25, -0.2) is 0 Å². The van der Waals surface area contributed by atoms with Crippen molar-refractivity contribution in [2.24, 2.45) is 0 Å². The van der Waals surface area contributed by atoms with Crippen molar-refractivity contribution in [1.82, 2.24) is 0 Å². The molecular weight excluding hydrogens is 390 g/mol. The molecule has 0 aromatic heterocycles. The zero-order valence-electron chi connectivity index (χ0n) is 12.9. The van der Waals surface area contributed by atoms with E-state index in [1.807, 2.05) is 0 Å². The van der Waals surface area contributed by atoms with Gasteiger partial charge in [-0.2, -0.15) is 17.6 Å². The summed E-state index contributed by atoms with van der Waals surface area (Å²) < 4.78 is 74.3. The fourth-order valence-corrected chi connectivity index (χ4v) is 2.96. The molecular formula is C13H18F4O6P2. The summed E-state index contributed by atoms with van der Waals surface area (Å²) in [5.41, 5.74) is -8.62. The smallest absolute Gasteiger partial charge is 0.320 e. The zero-order valence-corrected chi connectivity index (χ0v) is 14.6. The lowest BCUT2D eigenvalue weighted by atomic mass is 10.0. The fraction of sp³-hybridized carbons (Fsp3) is 0.538. The summed E-state index contributed by atoms with van der Waals surface area (Å²) in [4.78, 5) is 34.2. The van der Waals surface area contributed by atoms with Gasteiger partial charge in [-0.05, 0) is 24.8 Å². The van der Waals surface area contributed by atoms with Crippen molar-refractivity contribution < 1.29 is 46.3 Å². The largest absolute Gasteiger partial charge is 0.399 e. The van der Waals surface area contributed by atoms with Crippen LogP contribution in [0.3, 0.4) is 0 Å². The maximum Gasteiger partial charge on any atom is 0.399 e. The topological polar surface area (TPSA) is 115 Å². The molecule has 1 aromatic carbocycles. The molecule has 0 radical (unpaired) electrons. The van der Waals surface area contributed by atoms with E-state index in [2.05, 4.69) is 0 Å². The van der Waals surface area contributed by atoms with Gasteiger partial charge in [-0.15, -0.1) is 0 Å². The number of halogens is 4. The van der Waals surface area contributed by atoms with Crippen molar-refractivity contribution in [2.45, 2.75) is 43.4 Å². The van der Waals surface area contributed by atoms with E-state index in [-0.39, 0.29) is 12.8 Å². The van der Waals surface area contributed by atoms with Gasteiger partial charge in [-0.1, -0.05) is 30.7 Å². The van der Waals surface area contributed by atoms with Crippen molar-refractivity contribution in [3.63, 3.8) is 0 Å². The van der Waals surface area contributed by atoms with Crippen molar-refractivity contribution in [3.8, 4) is 0 Å². The molecule has 25 heavy (non-hydrogen) atoms. The van der Waals surface area contributed by atoms with Gasteiger partial charge in [0.1, 0.15) is 0 Å². The van der Waals surface area contributed by atoms with E-state index in [1.54, 1.807) is 0 Å². The first kappa shape index (κ1) is 22.3. The first-order valence-electron chi connectivity index (χ1n) is 7.15. The molecule has 0 aliphatic carbocycles. The molecule has 12 heteroatoms. The highest BCUT2D eigenvalue weighted by Gasteiger charge is 2.50. The minimum atomic E-state index is -5.63. The summed E-state index contributed by atoms with van der Waals surface area (Å²) in [5.74, 6) is 0. The lowest BCUT2D eigenvalue weighted by Crippen LogP contribution is -2.15. The maximum absolute atomic E-state index is 13.5. The van der Waals surface area contributed by atoms with Crippen LogP contribution in [0.1, 0.15) is 36.8 Å². The van der Waals surface area contributed by atoms with Crippen molar-refractivity contribution in [3.05, 3.63) is 35.4 Å². The van der Waals surface area contributed by atoms with Gasteiger partial charge in [0.15, 0.2) is 0 Å². The highest BCUT2D eigenvalue weighted by atomic mass is 31.2. The number of rotatable bonds is 9. The summed E-state index contributed by atoms with van der Waals surface area (Å²) in [6.45, 7) is 0. The standard InChI is InChI=1S/C13H18F4O6P2/c14-12(15,24(18,19)20)9-3-1-2-4-10-5-7-11(8-6-10)13(16,17)25(21,22)23/h5-8H,1-4,9H2,(H2,18,19,20)(H2,21,22,23). The molecule has 0 saturated carbocycles. The van der Waals surface area contributed by atoms with Crippen molar-refractivity contribution in [2.75, 3.05) is 0 Å². The Morgan fingerprint density at radius 1 is 0.800 bits per heavy atom. The first-order valence-corrected chi connectivity index (χ1v) is 10.4. The Morgan fingerprint density at radius 3 is 1.76 bits per heavy atom. The van der Waals surface area contributed by atoms with Gasteiger partial charge in [0, 0.05) is 12.0 Å². The average molecular weight is 408 g/mol. The third-order valence-electron chi connectivity index (χ3n) is 3.54. The molecule has 0 heterocycles. The minimum absolute atomic E-state index is 0.119. The van der Waals surface area contributed by atoms with Crippen LogP contribution in [0, 0.1) is 0 Å².